The predicted octanol–water partition coefficient (Wildman–Crippen LogP) is 2.28. The molecule has 17 heavy (non-hydrogen) atoms. The third-order valence-corrected chi connectivity index (χ3v) is 2.08. The Morgan fingerprint density at radius 3 is 2.82 bits per heavy atom. The van der Waals surface area contributed by atoms with Gasteiger partial charge in [0, 0.05) is 11.9 Å². The highest BCUT2D eigenvalue weighted by atomic mass is 16.5. The molecule has 0 saturated carbocycles. The molecule has 2 aromatic rings. The van der Waals surface area contributed by atoms with Gasteiger partial charge >= 0.3 is 5.97 Å². The van der Waals surface area contributed by atoms with E-state index < -0.39 is 5.97 Å². The standard InChI is InChI=1S/C12H10N2O3/c1-8-4-5-10(12(15)16)11(14-8)17-9-3-2-6-13-7-9/h2-7H,1H3,(H,15,16). The van der Waals surface area contributed by atoms with E-state index in [1.165, 1.54) is 12.3 Å². The van der Waals surface area contributed by atoms with Gasteiger partial charge in [0.25, 0.3) is 0 Å². The van der Waals surface area contributed by atoms with E-state index in [1.807, 2.05) is 0 Å². The Kier molecular flexibility index (Phi) is 3.00. The van der Waals surface area contributed by atoms with Crippen LogP contribution in [0.5, 0.6) is 11.6 Å². The number of hydrogen-bond donors (Lipinski definition) is 1. The Hall–Kier alpha value is -2.43. The highest BCUT2D eigenvalue weighted by Gasteiger charge is 2.13. The van der Waals surface area contributed by atoms with Crippen LogP contribution in [0.2, 0.25) is 0 Å². The molecule has 0 atom stereocenters. The van der Waals surface area contributed by atoms with Gasteiger partial charge in [-0.3, -0.25) is 4.98 Å². The Bertz CT molecular complexity index is 541. The normalized spacial score (nSPS) is 9.94. The molecule has 0 radical (unpaired) electrons. The third-order valence-electron chi connectivity index (χ3n) is 2.08. The lowest BCUT2D eigenvalue weighted by molar-refractivity contribution is 0.0693. The average molecular weight is 230 g/mol. The number of carboxylic acid groups (broad SMARTS) is 1. The van der Waals surface area contributed by atoms with Gasteiger partial charge in [-0.15, -0.1) is 0 Å². The van der Waals surface area contributed by atoms with Crippen LogP contribution in [-0.4, -0.2) is 21.0 Å². The molecular formula is C12H10N2O3. The summed E-state index contributed by atoms with van der Waals surface area (Å²) in [5, 5.41) is 9.00. The lowest BCUT2D eigenvalue weighted by Gasteiger charge is -2.07. The summed E-state index contributed by atoms with van der Waals surface area (Å²) in [6.45, 7) is 1.77. The number of carboxylic acids is 1. The second kappa shape index (κ2) is 4.61. The van der Waals surface area contributed by atoms with Crippen LogP contribution >= 0.6 is 0 Å². The first-order chi connectivity index (χ1) is 8.16. The van der Waals surface area contributed by atoms with Gasteiger partial charge in [0.15, 0.2) is 0 Å². The van der Waals surface area contributed by atoms with Gasteiger partial charge in [0.05, 0.1) is 6.20 Å². The Morgan fingerprint density at radius 1 is 1.35 bits per heavy atom. The second-order valence-corrected chi connectivity index (χ2v) is 3.40. The summed E-state index contributed by atoms with van der Waals surface area (Å²) < 4.78 is 5.40. The zero-order valence-corrected chi connectivity index (χ0v) is 9.12. The maximum Gasteiger partial charge on any atom is 0.341 e. The highest BCUT2D eigenvalue weighted by Crippen LogP contribution is 2.22. The minimum absolute atomic E-state index is 0.0273. The first-order valence-corrected chi connectivity index (χ1v) is 4.95. The van der Waals surface area contributed by atoms with E-state index >= 15 is 0 Å². The number of hydrogen-bond acceptors (Lipinski definition) is 4. The van der Waals surface area contributed by atoms with E-state index in [4.69, 9.17) is 9.84 Å². The highest BCUT2D eigenvalue weighted by molar-refractivity contribution is 5.90. The van der Waals surface area contributed by atoms with Gasteiger partial charge in [-0.1, -0.05) is 0 Å². The maximum absolute atomic E-state index is 11.0. The van der Waals surface area contributed by atoms with Crippen molar-refractivity contribution in [3.05, 3.63) is 47.9 Å². The Labute approximate surface area is 97.7 Å². The van der Waals surface area contributed by atoms with E-state index in [0.717, 1.165) is 0 Å². The number of aromatic carboxylic acids is 1. The van der Waals surface area contributed by atoms with Crippen LogP contribution in [0.25, 0.3) is 0 Å². The number of rotatable bonds is 3. The molecule has 0 spiro atoms. The van der Waals surface area contributed by atoms with Gasteiger partial charge in [0.2, 0.25) is 5.88 Å². The average Bonchev–Trinajstić information content (AvgIpc) is 2.30. The van der Waals surface area contributed by atoms with Crippen LogP contribution < -0.4 is 4.74 Å². The van der Waals surface area contributed by atoms with Crippen LogP contribution in [0.1, 0.15) is 16.1 Å². The van der Waals surface area contributed by atoms with E-state index in [-0.39, 0.29) is 11.4 Å². The fourth-order valence-electron chi connectivity index (χ4n) is 1.29. The monoisotopic (exact) mass is 230 g/mol. The lowest BCUT2D eigenvalue weighted by atomic mass is 10.2. The van der Waals surface area contributed by atoms with Gasteiger partial charge in [-0.05, 0) is 31.2 Å². The lowest BCUT2D eigenvalue weighted by Crippen LogP contribution is -2.02. The largest absolute Gasteiger partial charge is 0.477 e. The summed E-state index contributed by atoms with van der Waals surface area (Å²) in [6, 6.07) is 6.48. The molecule has 2 aromatic heterocycles. The summed E-state index contributed by atoms with van der Waals surface area (Å²) >= 11 is 0. The smallest absolute Gasteiger partial charge is 0.341 e. The van der Waals surface area contributed by atoms with Crippen LogP contribution in [-0.2, 0) is 0 Å². The molecule has 0 bridgehead atoms. The summed E-state index contributed by atoms with van der Waals surface area (Å²) in [5.74, 6) is -0.546. The van der Waals surface area contributed by atoms with Crippen molar-refractivity contribution in [1.82, 2.24) is 9.97 Å². The molecule has 2 rings (SSSR count). The molecule has 0 aromatic carbocycles. The molecule has 0 amide bonds. The number of nitrogens with zero attached hydrogens (tertiary/aromatic N) is 2. The molecule has 0 fully saturated rings. The number of ether oxygens (including phenoxy) is 1. The molecule has 0 saturated heterocycles. The number of carbonyl (C=O) groups is 1. The molecule has 86 valence electrons. The van der Waals surface area contributed by atoms with Crippen molar-refractivity contribution in [1.29, 1.82) is 0 Å². The van der Waals surface area contributed by atoms with Crippen LogP contribution in [0, 0.1) is 6.92 Å². The van der Waals surface area contributed by atoms with Crippen LogP contribution in [0.15, 0.2) is 36.7 Å². The van der Waals surface area contributed by atoms with Crippen molar-refractivity contribution in [3.63, 3.8) is 0 Å². The summed E-state index contributed by atoms with van der Waals surface area (Å²) in [7, 11) is 0. The van der Waals surface area contributed by atoms with Crippen molar-refractivity contribution >= 4 is 5.97 Å². The summed E-state index contributed by atoms with van der Waals surface area (Å²) in [6.07, 6.45) is 3.10. The number of pyridine rings is 2. The van der Waals surface area contributed by atoms with Gasteiger partial charge in [0.1, 0.15) is 11.3 Å². The van der Waals surface area contributed by atoms with Crippen molar-refractivity contribution in [3.8, 4) is 11.6 Å². The first kappa shape index (κ1) is 11.1. The first-order valence-electron chi connectivity index (χ1n) is 4.95. The minimum Gasteiger partial charge on any atom is -0.477 e. The molecule has 0 unspecified atom stereocenters. The van der Waals surface area contributed by atoms with E-state index in [2.05, 4.69) is 9.97 Å². The van der Waals surface area contributed by atoms with Crippen molar-refractivity contribution in [2.45, 2.75) is 6.92 Å². The topological polar surface area (TPSA) is 72.3 Å². The van der Waals surface area contributed by atoms with Crippen LogP contribution in [0.3, 0.4) is 0 Å². The fourth-order valence-corrected chi connectivity index (χ4v) is 1.29. The van der Waals surface area contributed by atoms with Crippen molar-refractivity contribution in [2.24, 2.45) is 0 Å². The van der Waals surface area contributed by atoms with Crippen molar-refractivity contribution in [2.75, 3.05) is 0 Å². The third kappa shape index (κ3) is 2.57. The van der Waals surface area contributed by atoms with Gasteiger partial charge < -0.3 is 9.84 Å². The van der Waals surface area contributed by atoms with E-state index in [1.54, 1.807) is 31.3 Å². The molecule has 0 aliphatic rings. The van der Waals surface area contributed by atoms with Crippen molar-refractivity contribution < 1.29 is 14.6 Å². The minimum atomic E-state index is -1.07. The van der Waals surface area contributed by atoms with Crippen LogP contribution in [0.4, 0.5) is 0 Å². The second-order valence-electron chi connectivity index (χ2n) is 3.40. The predicted molar refractivity (Wildman–Crippen MR) is 60.2 cm³/mol. The van der Waals surface area contributed by atoms with E-state index in [9.17, 15) is 4.79 Å². The summed E-state index contributed by atoms with van der Waals surface area (Å²) in [5.41, 5.74) is 0.716. The molecule has 1 N–H and O–H groups in total. The molecule has 0 aliphatic heterocycles. The zero-order valence-electron chi connectivity index (χ0n) is 9.12. The number of aromatic nitrogens is 2. The maximum atomic E-state index is 11.0. The quantitative estimate of drug-likeness (QED) is 0.875. The Morgan fingerprint density at radius 2 is 2.18 bits per heavy atom. The van der Waals surface area contributed by atoms with Gasteiger partial charge in [-0.2, -0.15) is 0 Å². The molecule has 0 aliphatic carbocycles. The molecule has 5 nitrogen and oxygen atoms in total. The molecular weight excluding hydrogens is 220 g/mol. The SMILES string of the molecule is Cc1ccc(C(=O)O)c(Oc2cccnc2)n1. The molecule has 5 heteroatoms. The summed E-state index contributed by atoms with van der Waals surface area (Å²) in [4.78, 5) is 18.9. The molecule has 2 heterocycles. The fraction of sp³-hybridized carbons (Fsp3) is 0.0833. The number of aryl methyl sites for hydroxylation is 1. The zero-order chi connectivity index (χ0) is 12.3. The van der Waals surface area contributed by atoms with E-state index in [0.29, 0.717) is 11.4 Å². The Balaban J connectivity index is 2.37. The van der Waals surface area contributed by atoms with Gasteiger partial charge in [-0.25, -0.2) is 9.78 Å².